The number of rotatable bonds is 3. The van der Waals surface area contributed by atoms with Crippen LogP contribution in [0, 0.1) is 4.64 Å². The summed E-state index contributed by atoms with van der Waals surface area (Å²) < 4.78 is 11.0. The van der Waals surface area contributed by atoms with Crippen LogP contribution in [0.1, 0.15) is 0 Å². The van der Waals surface area contributed by atoms with Crippen molar-refractivity contribution in [2.75, 3.05) is 14.2 Å². The summed E-state index contributed by atoms with van der Waals surface area (Å²) in [6.45, 7) is 0. The molecule has 0 fully saturated rings. The molecule has 0 saturated carbocycles. The predicted octanol–water partition coefficient (Wildman–Crippen LogP) is 2.82. The van der Waals surface area contributed by atoms with Crippen molar-refractivity contribution in [3.05, 3.63) is 35.0 Å². The van der Waals surface area contributed by atoms with Crippen LogP contribution >= 0.6 is 12.2 Å². The van der Waals surface area contributed by atoms with Gasteiger partial charge in [-0.2, -0.15) is 5.10 Å². The highest BCUT2D eigenvalue weighted by molar-refractivity contribution is 7.71. The summed E-state index contributed by atoms with van der Waals surface area (Å²) in [7, 11) is 3.23. The van der Waals surface area contributed by atoms with Crippen molar-refractivity contribution in [3.8, 4) is 22.8 Å². The molecular weight excluding hydrogens is 236 g/mol. The van der Waals surface area contributed by atoms with Crippen LogP contribution in [0.3, 0.4) is 0 Å². The standard InChI is InChI=1S/C12H12N2O2S/c1-15-9-5-8(6-10(7-9)16-2)11-3-4-12(17)14-13-11/h3-7H,1-2H3,(H,14,17). The molecule has 0 aliphatic carbocycles. The van der Waals surface area contributed by atoms with E-state index in [1.165, 1.54) is 0 Å². The first kappa shape index (κ1) is 11.6. The number of benzene rings is 1. The molecule has 0 aliphatic heterocycles. The van der Waals surface area contributed by atoms with E-state index in [-0.39, 0.29) is 0 Å². The fourth-order valence-electron chi connectivity index (χ4n) is 1.46. The zero-order valence-corrected chi connectivity index (χ0v) is 10.4. The minimum atomic E-state index is 0.601. The van der Waals surface area contributed by atoms with E-state index in [4.69, 9.17) is 21.7 Å². The number of hydrogen-bond acceptors (Lipinski definition) is 4. The molecule has 0 amide bonds. The van der Waals surface area contributed by atoms with E-state index in [1.807, 2.05) is 24.3 Å². The lowest BCUT2D eigenvalue weighted by molar-refractivity contribution is 0.394. The second-order valence-corrected chi connectivity index (χ2v) is 3.85. The maximum absolute atomic E-state index is 5.20. The zero-order valence-electron chi connectivity index (χ0n) is 9.56. The molecule has 0 atom stereocenters. The third-order valence-electron chi connectivity index (χ3n) is 2.33. The molecule has 0 unspecified atom stereocenters. The largest absolute Gasteiger partial charge is 0.497 e. The summed E-state index contributed by atoms with van der Waals surface area (Å²) in [5.74, 6) is 1.45. The Morgan fingerprint density at radius 2 is 1.71 bits per heavy atom. The van der Waals surface area contributed by atoms with Crippen molar-refractivity contribution in [3.63, 3.8) is 0 Å². The number of aromatic amines is 1. The first-order valence-electron chi connectivity index (χ1n) is 5.02. The second kappa shape index (κ2) is 4.97. The van der Waals surface area contributed by atoms with Crippen LogP contribution in [0.4, 0.5) is 0 Å². The zero-order chi connectivity index (χ0) is 12.3. The second-order valence-electron chi connectivity index (χ2n) is 3.41. The highest BCUT2D eigenvalue weighted by Crippen LogP contribution is 2.28. The van der Waals surface area contributed by atoms with Crippen LogP contribution in [-0.4, -0.2) is 24.4 Å². The predicted molar refractivity (Wildman–Crippen MR) is 68.0 cm³/mol. The lowest BCUT2D eigenvalue weighted by Crippen LogP contribution is -1.91. The van der Waals surface area contributed by atoms with Crippen LogP contribution in [0.25, 0.3) is 11.3 Å². The topological polar surface area (TPSA) is 47.1 Å². The van der Waals surface area contributed by atoms with Crippen molar-refractivity contribution < 1.29 is 9.47 Å². The minimum absolute atomic E-state index is 0.601. The van der Waals surface area contributed by atoms with E-state index in [2.05, 4.69) is 10.2 Å². The molecule has 88 valence electrons. The molecular formula is C12H12N2O2S. The summed E-state index contributed by atoms with van der Waals surface area (Å²) in [4.78, 5) is 0. The molecule has 1 aromatic heterocycles. The van der Waals surface area contributed by atoms with E-state index in [1.54, 1.807) is 20.3 Å². The smallest absolute Gasteiger partial charge is 0.123 e. The monoisotopic (exact) mass is 248 g/mol. The summed E-state index contributed by atoms with van der Waals surface area (Å²) in [6, 6.07) is 9.24. The molecule has 4 nitrogen and oxygen atoms in total. The molecule has 0 saturated heterocycles. The summed E-state index contributed by atoms with van der Waals surface area (Å²) in [5.41, 5.74) is 1.70. The average Bonchev–Trinajstić information content (AvgIpc) is 2.39. The van der Waals surface area contributed by atoms with Gasteiger partial charge in [-0.25, -0.2) is 0 Å². The molecule has 0 spiro atoms. The lowest BCUT2D eigenvalue weighted by atomic mass is 10.1. The van der Waals surface area contributed by atoms with Crippen LogP contribution in [-0.2, 0) is 0 Å². The minimum Gasteiger partial charge on any atom is -0.497 e. The van der Waals surface area contributed by atoms with E-state index >= 15 is 0 Å². The molecule has 0 aliphatic rings. The fraction of sp³-hybridized carbons (Fsp3) is 0.167. The van der Waals surface area contributed by atoms with Crippen LogP contribution in [0.5, 0.6) is 11.5 Å². The summed E-state index contributed by atoms with van der Waals surface area (Å²) in [5, 5.41) is 6.92. The van der Waals surface area contributed by atoms with Crippen LogP contribution in [0.15, 0.2) is 30.3 Å². The van der Waals surface area contributed by atoms with Gasteiger partial charge in [-0.3, -0.25) is 5.10 Å². The molecule has 1 aromatic carbocycles. The van der Waals surface area contributed by atoms with Gasteiger partial charge >= 0.3 is 0 Å². The Bertz CT molecular complexity index is 538. The van der Waals surface area contributed by atoms with E-state index in [0.717, 1.165) is 22.8 Å². The van der Waals surface area contributed by atoms with E-state index < -0.39 is 0 Å². The first-order valence-corrected chi connectivity index (χ1v) is 5.43. The molecule has 17 heavy (non-hydrogen) atoms. The molecule has 1 N–H and O–H groups in total. The SMILES string of the molecule is COc1cc(OC)cc(-c2ccc(=S)[nH]n2)c1. The number of ether oxygens (including phenoxy) is 2. The van der Waals surface area contributed by atoms with Crippen molar-refractivity contribution >= 4 is 12.2 Å². The van der Waals surface area contributed by atoms with Gasteiger partial charge in [0.2, 0.25) is 0 Å². The Labute approximate surface area is 104 Å². The Morgan fingerprint density at radius 1 is 1.06 bits per heavy atom. The number of hydrogen-bond donors (Lipinski definition) is 1. The molecule has 2 rings (SSSR count). The van der Waals surface area contributed by atoms with Crippen molar-refractivity contribution in [2.24, 2.45) is 0 Å². The van der Waals surface area contributed by atoms with Gasteiger partial charge in [0.25, 0.3) is 0 Å². The van der Waals surface area contributed by atoms with Crippen LogP contribution in [0.2, 0.25) is 0 Å². The summed E-state index contributed by atoms with van der Waals surface area (Å²) in [6.07, 6.45) is 0. The third kappa shape index (κ3) is 2.62. The van der Waals surface area contributed by atoms with Crippen molar-refractivity contribution in [2.45, 2.75) is 0 Å². The average molecular weight is 248 g/mol. The highest BCUT2D eigenvalue weighted by atomic mass is 32.1. The van der Waals surface area contributed by atoms with Gasteiger partial charge in [-0.05, 0) is 24.3 Å². The van der Waals surface area contributed by atoms with Gasteiger partial charge in [0, 0.05) is 11.6 Å². The lowest BCUT2D eigenvalue weighted by Gasteiger charge is -2.07. The normalized spacial score (nSPS) is 10.0. The summed E-state index contributed by atoms with van der Waals surface area (Å²) >= 11 is 4.95. The first-order chi connectivity index (χ1) is 8.22. The van der Waals surface area contributed by atoms with Gasteiger partial charge < -0.3 is 9.47 Å². The number of H-pyrrole nitrogens is 1. The molecule has 1 heterocycles. The Morgan fingerprint density at radius 3 is 2.18 bits per heavy atom. The molecule has 0 radical (unpaired) electrons. The number of methoxy groups -OCH3 is 2. The molecule has 2 aromatic rings. The van der Waals surface area contributed by atoms with Gasteiger partial charge in [0.15, 0.2) is 0 Å². The Hall–Kier alpha value is -1.88. The van der Waals surface area contributed by atoms with Gasteiger partial charge in [-0.1, -0.05) is 12.2 Å². The molecule has 0 bridgehead atoms. The van der Waals surface area contributed by atoms with E-state index in [0.29, 0.717) is 4.64 Å². The van der Waals surface area contributed by atoms with Gasteiger partial charge in [-0.15, -0.1) is 0 Å². The maximum atomic E-state index is 5.20. The molecule has 5 heteroatoms. The number of nitrogens with one attached hydrogen (secondary N) is 1. The third-order valence-corrected chi connectivity index (χ3v) is 2.55. The maximum Gasteiger partial charge on any atom is 0.123 e. The Balaban J connectivity index is 2.50. The Kier molecular flexibility index (Phi) is 3.39. The van der Waals surface area contributed by atoms with Gasteiger partial charge in [0.05, 0.1) is 19.9 Å². The van der Waals surface area contributed by atoms with Gasteiger partial charge in [0.1, 0.15) is 16.1 Å². The highest BCUT2D eigenvalue weighted by Gasteiger charge is 2.05. The number of nitrogens with zero attached hydrogens (tertiary/aromatic N) is 1. The van der Waals surface area contributed by atoms with Crippen molar-refractivity contribution in [1.82, 2.24) is 10.2 Å². The fourth-order valence-corrected chi connectivity index (χ4v) is 1.57. The van der Waals surface area contributed by atoms with E-state index in [9.17, 15) is 0 Å². The van der Waals surface area contributed by atoms with Crippen molar-refractivity contribution in [1.29, 1.82) is 0 Å². The quantitative estimate of drug-likeness (QED) is 0.848. The van der Waals surface area contributed by atoms with Crippen LogP contribution < -0.4 is 9.47 Å². The number of aromatic nitrogens is 2.